The molecule has 1 aromatic rings. The Kier molecular flexibility index (Phi) is 11.4. The summed E-state index contributed by atoms with van der Waals surface area (Å²) in [6.45, 7) is 4.46. The Bertz CT molecular complexity index is 637. The van der Waals surface area contributed by atoms with Crippen molar-refractivity contribution in [3.8, 4) is 5.75 Å². The maximum absolute atomic E-state index is 11.9. The molecule has 1 amide bonds. The summed E-state index contributed by atoms with van der Waals surface area (Å²) in [6, 6.07) is 8.11. The molecule has 0 radical (unpaired) electrons. The van der Waals surface area contributed by atoms with E-state index in [4.69, 9.17) is 4.74 Å². The molecule has 0 aliphatic carbocycles. The maximum atomic E-state index is 11.9. The van der Waals surface area contributed by atoms with Gasteiger partial charge in [0, 0.05) is 52.6 Å². The Morgan fingerprint density at radius 3 is 2.54 bits per heavy atom. The lowest BCUT2D eigenvalue weighted by molar-refractivity contribution is -0.127. The van der Waals surface area contributed by atoms with Crippen molar-refractivity contribution in [1.29, 1.82) is 0 Å². The molecule has 1 aliphatic rings. The highest BCUT2D eigenvalue weighted by atomic mass is 127. The fourth-order valence-electron chi connectivity index (χ4n) is 2.87. The first kappa shape index (κ1) is 24.7. The van der Waals surface area contributed by atoms with Gasteiger partial charge in [0.2, 0.25) is 5.91 Å². The van der Waals surface area contributed by atoms with Crippen molar-refractivity contribution in [2.45, 2.75) is 0 Å². The topological polar surface area (TPSA) is 60.4 Å². The van der Waals surface area contributed by atoms with Crippen molar-refractivity contribution >= 4 is 53.3 Å². The van der Waals surface area contributed by atoms with Gasteiger partial charge in [-0.3, -0.25) is 4.79 Å². The number of likely N-dealkylation sites (N-methyl/N-ethyl adjacent to an activating group) is 1. The molecule has 1 heterocycles. The van der Waals surface area contributed by atoms with Gasteiger partial charge in [0.1, 0.15) is 12.3 Å². The molecule has 1 saturated heterocycles. The standard InChI is InChI=1S/C19H31N5O2S.HI/c1-22(2)18(25)15-21-19(20-9-14-27-4)24-12-10-23(11-13-24)16-7-5-6-8-17(16)26-3;/h5-8H,9-15H2,1-4H3,(H,20,21);1H. The van der Waals surface area contributed by atoms with Crippen LogP contribution in [-0.4, -0.2) is 94.1 Å². The Hall–Kier alpha value is -1.36. The number of hydrogen-bond donors (Lipinski definition) is 1. The number of ether oxygens (including phenoxy) is 1. The number of para-hydroxylation sites is 2. The summed E-state index contributed by atoms with van der Waals surface area (Å²) >= 11 is 1.79. The molecule has 0 spiro atoms. The van der Waals surface area contributed by atoms with Crippen LogP contribution in [0.25, 0.3) is 0 Å². The number of hydrogen-bond acceptors (Lipinski definition) is 5. The average Bonchev–Trinajstić information content (AvgIpc) is 2.70. The summed E-state index contributed by atoms with van der Waals surface area (Å²) < 4.78 is 5.49. The van der Waals surface area contributed by atoms with E-state index < -0.39 is 0 Å². The Labute approximate surface area is 189 Å². The maximum Gasteiger partial charge on any atom is 0.243 e. The van der Waals surface area contributed by atoms with Crippen LogP contribution < -0.4 is 15.0 Å². The molecule has 7 nitrogen and oxygen atoms in total. The van der Waals surface area contributed by atoms with Crippen molar-refractivity contribution in [2.75, 3.05) is 77.4 Å². The van der Waals surface area contributed by atoms with E-state index in [1.807, 2.05) is 18.2 Å². The van der Waals surface area contributed by atoms with E-state index in [9.17, 15) is 4.79 Å². The molecular formula is C19H32IN5O2S. The first-order chi connectivity index (χ1) is 13.1. The SMILES string of the molecule is COc1ccccc1N1CCN(C(=NCC(=O)N(C)C)NCCSC)CC1.I. The number of anilines is 1. The zero-order chi connectivity index (χ0) is 19.6. The summed E-state index contributed by atoms with van der Waals surface area (Å²) in [5, 5.41) is 3.40. The third kappa shape index (κ3) is 7.23. The zero-order valence-corrected chi connectivity index (χ0v) is 20.3. The van der Waals surface area contributed by atoms with Gasteiger partial charge >= 0.3 is 0 Å². The number of halogens is 1. The lowest BCUT2D eigenvalue weighted by Crippen LogP contribution is -2.53. The lowest BCUT2D eigenvalue weighted by Gasteiger charge is -2.38. The molecule has 1 N–H and O–H groups in total. The van der Waals surface area contributed by atoms with Crippen LogP contribution in [-0.2, 0) is 4.79 Å². The molecule has 0 aromatic heterocycles. The highest BCUT2D eigenvalue weighted by Crippen LogP contribution is 2.28. The van der Waals surface area contributed by atoms with E-state index in [0.717, 1.165) is 55.9 Å². The van der Waals surface area contributed by atoms with E-state index >= 15 is 0 Å². The van der Waals surface area contributed by atoms with E-state index in [2.05, 4.69) is 32.4 Å². The van der Waals surface area contributed by atoms with E-state index in [1.54, 1.807) is 37.9 Å². The lowest BCUT2D eigenvalue weighted by atomic mass is 10.2. The van der Waals surface area contributed by atoms with Gasteiger partial charge in [-0.25, -0.2) is 4.99 Å². The number of nitrogens with zero attached hydrogens (tertiary/aromatic N) is 4. The van der Waals surface area contributed by atoms with E-state index in [-0.39, 0.29) is 36.4 Å². The summed E-state index contributed by atoms with van der Waals surface area (Å²) in [7, 11) is 5.21. The summed E-state index contributed by atoms with van der Waals surface area (Å²) in [6.07, 6.45) is 2.08. The number of thioether (sulfide) groups is 1. The third-order valence-electron chi connectivity index (χ3n) is 4.46. The van der Waals surface area contributed by atoms with E-state index in [0.29, 0.717) is 0 Å². The van der Waals surface area contributed by atoms with Crippen LogP contribution in [0.4, 0.5) is 5.69 Å². The number of aliphatic imine (C=N–C) groups is 1. The van der Waals surface area contributed by atoms with Crippen LogP contribution in [0.15, 0.2) is 29.3 Å². The number of rotatable bonds is 7. The van der Waals surface area contributed by atoms with Gasteiger partial charge in [-0.05, 0) is 18.4 Å². The predicted octanol–water partition coefficient (Wildman–Crippen LogP) is 1.83. The third-order valence-corrected chi connectivity index (χ3v) is 5.07. The van der Waals surface area contributed by atoms with Crippen molar-refractivity contribution < 1.29 is 9.53 Å². The Morgan fingerprint density at radius 1 is 1.25 bits per heavy atom. The molecule has 0 bridgehead atoms. The fourth-order valence-corrected chi connectivity index (χ4v) is 3.17. The number of benzene rings is 1. The van der Waals surface area contributed by atoms with Crippen molar-refractivity contribution in [3.05, 3.63) is 24.3 Å². The summed E-state index contributed by atoms with van der Waals surface area (Å²) in [5.74, 6) is 2.72. The number of piperazine rings is 1. The van der Waals surface area contributed by atoms with Gasteiger partial charge in [-0.2, -0.15) is 11.8 Å². The molecule has 1 fully saturated rings. The van der Waals surface area contributed by atoms with Crippen molar-refractivity contribution in [2.24, 2.45) is 4.99 Å². The number of nitrogens with one attached hydrogen (secondary N) is 1. The fraction of sp³-hybridized carbons (Fsp3) is 0.579. The first-order valence-electron chi connectivity index (χ1n) is 9.17. The second kappa shape index (κ2) is 13.0. The average molecular weight is 521 g/mol. The smallest absolute Gasteiger partial charge is 0.243 e. The number of carbonyl (C=O) groups is 1. The van der Waals surface area contributed by atoms with Crippen LogP contribution >= 0.6 is 35.7 Å². The minimum atomic E-state index is 0. The van der Waals surface area contributed by atoms with Crippen molar-refractivity contribution in [1.82, 2.24) is 15.1 Å². The quantitative estimate of drug-likeness (QED) is 0.256. The van der Waals surface area contributed by atoms with Crippen LogP contribution in [0, 0.1) is 0 Å². The van der Waals surface area contributed by atoms with Crippen LogP contribution in [0.2, 0.25) is 0 Å². The van der Waals surface area contributed by atoms with Crippen molar-refractivity contribution in [3.63, 3.8) is 0 Å². The molecule has 0 atom stereocenters. The summed E-state index contributed by atoms with van der Waals surface area (Å²) in [5.41, 5.74) is 1.12. The van der Waals surface area contributed by atoms with Crippen LogP contribution in [0.3, 0.4) is 0 Å². The second-order valence-corrected chi connectivity index (χ2v) is 7.48. The second-order valence-electron chi connectivity index (χ2n) is 6.49. The molecule has 1 aromatic carbocycles. The highest BCUT2D eigenvalue weighted by molar-refractivity contribution is 14.0. The highest BCUT2D eigenvalue weighted by Gasteiger charge is 2.22. The van der Waals surface area contributed by atoms with Gasteiger partial charge in [0.15, 0.2) is 5.96 Å². The van der Waals surface area contributed by atoms with Gasteiger partial charge in [0.25, 0.3) is 0 Å². The molecule has 0 saturated carbocycles. The molecule has 1 aliphatic heterocycles. The van der Waals surface area contributed by atoms with Crippen LogP contribution in [0.1, 0.15) is 0 Å². The largest absolute Gasteiger partial charge is 0.495 e. The molecule has 2 rings (SSSR count). The van der Waals surface area contributed by atoms with Gasteiger partial charge < -0.3 is 24.8 Å². The molecule has 9 heteroatoms. The monoisotopic (exact) mass is 521 g/mol. The molecular weight excluding hydrogens is 489 g/mol. The Balaban J connectivity index is 0.00000392. The number of carbonyl (C=O) groups excluding carboxylic acids is 1. The minimum absolute atomic E-state index is 0. The van der Waals surface area contributed by atoms with Gasteiger partial charge in [-0.15, -0.1) is 24.0 Å². The zero-order valence-electron chi connectivity index (χ0n) is 17.2. The Morgan fingerprint density at radius 2 is 1.93 bits per heavy atom. The van der Waals surface area contributed by atoms with Gasteiger partial charge in [-0.1, -0.05) is 12.1 Å². The molecule has 28 heavy (non-hydrogen) atoms. The van der Waals surface area contributed by atoms with Gasteiger partial charge in [0.05, 0.1) is 12.8 Å². The molecule has 158 valence electrons. The number of guanidine groups is 1. The van der Waals surface area contributed by atoms with E-state index in [1.165, 1.54) is 0 Å². The predicted molar refractivity (Wildman–Crippen MR) is 130 cm³/mol. The number of amides is 1. The normalized spacial score (nSPS) is 14.4. The molecule has 0 unspecified atom stereocenters. The van der Waals surface area contributed by atoms with Crippen LogP contribution in [0.5, 0.6) is 5.75 Å². The number of methoxy groups -OCH3 is 1. The first-order valence-corrected chi connectivity index (χ1v) is 10.6. The minimum Gasteiger partial charge on any atom is -0.495 e. The summed E-state index contributed by atoms with van der Waals surface area (Å²) in [4.78, 5) is 22.6.